The molecule has 0 aliphatic carbocycles. The fraction of sp³-hybridized carbons (Fsp3) is 0.125. The number of rotatable bonds is 2. The second-order valence-corrected chi connectivity index (χ2v) is 11.7. The highest BCUT2D eigenvalue weighted by Crippen LogP contribution is 2.38. The fourth-order valence-electron chi connectivity index (χ4n) is 5.55. The smallest absolute Gasteiger partial charge is 0.0746 e. The highest BCUT2D eigenvalue weighted by molar-refractivity contribution is 7.14. The molecular weight excluding hydrogens is 505 g/mol. The van der Waals surface area contributed by atoms with E-state index in [1.54, 1.807) is 22.7 Å². The summed E-state index contributed by atoms with van der Waals surface area (Å²) in [4.78, 5) is 16.3. The zero-order valence-electron chi connectivity index (χ0n) is 21.7. The predicted molar refractivity (Wildman–Crippen MR) is 164 cm³/mol. The normalized spacial score (nSPS) is 12.5. The van der Waals surface area contributed by atoms with Gasteiger partial charge in [-0.1, -0.05) is 12.1 Å². The average Bonchev–Trinajstić information content (AvgIpc) is 3.73. The van der Waals surface area contributed by atoms with Crippen molar-refractivity contribution in [2.75, 3.05) is 0 Å². The molecule has 7 rings (SSSR count). The van der Waals surface area contributed by atoms with Gasteiger partial charge in [0.15, 0.2) is 0 Å². The van der Waals surface area contributed by atoms with Crippen LogP contribution in [0.25, 0.3) is 67.3 Å². The zero-order chi connectivity index (χ0) is 26.0. The molecule has 2 aliphatic heterocycles. The summed E-state index contributed by atoms with van der Waals surface area (Å²) in [5.41, 5.74) is 14.4. The summed E-state index contributed by atoms with van der Waals surface area (Å²) in [7, 11) is 2.17. The van der Waals surface area contributed by atoms with Crippen LogP contribution in [0.3, 0.4) is 0 Å². The van der Waals surface area contributed by atoms with Gasteiger partial charge >= 0.3 is 0 Å². The Balaban J connectivity index is 1.70. The third kappa shape index (κ3) is 3.63. The summed E-state index contributed by atoms with van der Waals surface area (Å²) in [6, 6.07) is 15.1. The Hall–Kier alpha value is -4.00. The van der Waals surface area contributed by atoms with E-state index >= 15 is 0 Å². The van der Waals surface area contributed by atoms with Gasteiger partial charge in [-0.3, -0.25) is 0 Å². The Morgan fingerprint density at radius 2 is 1.37 bits per heavy atom. The summed E-state index contributed by atoms with van der Waals surface area (Å²) >= 11 is 3.49. The van der Waals surface area contributed by atoms with Gasteiger partial charge in [0, 0.05) is 39.0 Å². The van der Waals surface area contributed by atoms with E-state index < -0.39 is 0 Å². The topological polar surface area (TPSA) is 46.5 Å². The van der Waals surface area contributed by atoms with Gasteiger partial charge in [0.05, 0.1) is 33.8 Å². The van der Waals surface area contributed by atoms with Gasteiger partial charge in [-0.25, -0.2) is 9.97 Å². The predicted octanol–water partition coefficient (Wildman–Crippen LogP) is 9.05. The van der Waals surface area contributed by atoms with Gasteiger partial charge in [-0.15, -0.1) is 22.7 Å². The molecule has 0 radical (unpaired) electrons. The van der Waals surface area contributed by atoms with E-state index in [0.717, 1.165) is 39.4 Å². The lowest BCUT2D eigenvalue weighted by atomic mass is 10.1. The molecule has 38 heavy (non-hydrogen) atoms. The van der Waals surface area contributed by atoms with Gasteiger partial charge in [0.25, 0.3) is 0 Å². The molecule has 8 bridgehead atoms. The van der Waals surface area contributed by atoms with Crippen molar-refractivity contribution in [1.29, 1.82) is 0 Å². The molecule has 7 heterocycles. The zero-order valence-corrected chi connectivity index (χ0v) is 23.3. The number of thiophene rings is 2. The number of nitrogens with one attached hydrogen (secondary N) is 1. The molecule has 186 valence electrons. The monoisotopic (exact) mass is 530 g/mol. The molecule has 6 heteroatoms. The van der Waals surface area contributed by atoms with Crippen molar-refractivity contribution in [2.45, 2.75) is 20.8 Å². The Morgan fingerprint density at radius 1 is 0.737 bits per heavy atom. The first-order chi connectivity index (χ1) is 18.5. The number of H-pyrrole nitrogens is 1. The van der Waals surface area contributed by atoms with Crippen molar-refractivity contribution in [2.24, 2.45) is 7.05 Å². The number of fused-ring (bicyclic) bond motifs is 8. The van der Waals surface area contributed by atoms with Crippen LogP contribution >= 0.6 is 22.7 Å². The molecule has 0 saturated carbocycles. The molecule has 1 N–H and O–H groups in total. The summed E-state index contributed by atoms with van der Waals surface area (Å²) in [6.45, 7) is 6.63. The van der Waals surface area contributed by atoms with E-state index in [1.807, 2.05) is 0 Å². The van der Waals surface area contributed by atoms with Crippen molar-refractivity contribution in [3.63, 3.8) is 0 Å². The highest BCUT2D eigenvalue weighted by Gasteiger charge is 2.18. The minimum Gasteiger partial charge on any atom is -0.355 e. The van der Waals surface area contributed by atoms with Crippen LogP contribution in [0.2, 0.25) is 0 Å². The molecule has 0 amide bonds. The second kappa shape index (κ2) is 8.79. The number of hydrogen-bond donors (Lipinski definition) is 1. The molecular formula is C32H26N4S2. The van der Waals surface area contributed by atoms with E-state index in [1.165, 1.54) is 43.0 Å². The van der Waals surface area contributed by atoms with Gasteiger partial charge in [-0.2, -0.15) is 0 Å². The Morgan fingerprint density at radius 3 is 2.00 bits per heavy atom. The van der Waals surface area contributed by atoms with Crippen LogP contribution < -0.4 is 0 Å². The van der Waals surface area contributed by atoms with Crippen molar-refractivity contribution in [1.82, 2.24) is 19.5 Å². The van der Waals surface area contributed by atoms with Crippen molar-refractivity contribution in [3.05, 3.63) is 92.7 Å². The molecule has 5 aromatic rings. The molecule has 0 spiro atoms. The minimum atomic E-state index is 0.929. The molecule has 5 aromatic heterocycles. The second-order valence-electron chi connectivity index (χ2n) is 9.83. The van der Waals surface area contributed by atoms with Gasteiger partial charge in [0.2, 0.25) is 0 Å². The molecule has 4 nitrogen and oxygen atoms in total. The fourth-order valence-corrected chi connectivity index (χ4v) is 7.12. The Labute approximate surface area is 229 Å². The lowest BCUT2D eigenvalue weighted by Crippen LogP contribution is -1.91. The SMILES string of the molecule is Cc1cc2cc3nc(c(-c4cccs4)c4nc(cc5c(C)c(C)c(c(-c6cccs6)c1[nH]2)n5C)C=C4)C=C3. The highest BCUT2D eigenvalue weighted by atomic mass is 32.1. The average molecular weight is 531 g/mol. The van der Waals surface area contributed by atoms with Crippen LogP contribution in [-0.2, 0) is 7.05 Å². The lowest BCUT2D eigenvalue weighted by molar-refractivity contribution is 1.01. The van der Waals surface area contributed by atoms with Gasteiger partial charge in [0.1, 0.15) is 0 Å². The van der Waals surface area contributed by atoms with E-state index in [-0.39, 0.29) is 0 Å². The number of aryl methyl sites for hydroxylation is 4. The Bertz CT molecular complexity index is 1950. The largest absolute Gasteiger partial charge is 0.355 e. The molecule has 2 aliphatic rings. The van der Waals surface area contributed by atoms with E-state index in [0.29, 0.717) is 0 Å². The van der Waals surface area contributed by atoms with Crippen molar-refractivity contribution >= 4 is 69.0 Å². The number of aromatic nitrogens is 4. The van der Waals surface area contributed by atoms with Crippen LogP contribution in [-0.4, -0.2) is 19.5 Å². The number of aromatic amines is 1. The molecule has 0 aromatic carbocycles. The van der Waals surface area contributed by atoms with E-state index in [2.05, 4.69) is 115 Å². The first-order valence-electron chi connectivity index (χ1n) is 12.6. The number of nitrogens with zero attached hydrogens (tertiary/aromatic N) is 3. The maximum absolute atomic E-state index is 5.09. The van der Waals surface area contributed by atoms with Crippen molar-refractivity contribution in [3.8, 4) is 20.9 Å². The third-order valence-electron chi connectivity index (χ3n) is 7.48. The summed E-state index contributed by atoms with van der Waals surface area (Å²) in [5.74, 6) is 0. The Kier molecular flexibility index (Phi) is 5.35. The lowest BCUT2D eigenvalue weighted by Gasteiger charge is -2.06. The van der Waals surface area contributed by atoms with E-state index in [4.69, 9.17) is 9.97 Å². The van der Waals surface area contributed by atoms with Gasteiger partial charge < -0.3 is 9.55 Å². The summed E-state index contributed by atoms with van der Waals surface area (Å²) in [6.07, 6.45) is 8.43. The quantitative estimate of drug-likeness (QED) is 0.242. The molecule has 0 atom stereocenters. The van der Waals surface area contributed by atoms with Crippen molar-refractivity contribution < 1.29 is 0 Å². The first kappa shape index (κ1) is 23.1. The maximum atomic E-state index is 5.09. The summed E-state index contributed by atoms with van der Waals surface area (Å²) in [5, 5.41) is 4.26. The summed E-state index contributed by atoms with van der Waals surface area (Å²) < 4.78 is 2.33. The van der Waals surface area contributed by atoms with E-state index in [9.17, 15) is 0 Å². The third-order valence-corrected chi connectivity index (χ3v) is 9.25. The number of hydrogen-bond acceptors (Lipinski definition) is 4. The van der Waals surface area contributed by atoms with Crippen LogP contribution in [0.5, 0.6) is 0 Å². The molecule has 0 saturated heterocycles. The maximum Gasteiger partial charge on any atom is 0.0746 e. The first-order valence-corrected chi connectivity index (χ1v) is 14.4. The van der Waals surface area contributed by atoms with Crippen LogP contribution in [0.1, 0.15) is 39.5 Å². The van der Waals surface area contributed by atoms with Crippen LogP contribution in [0.15, 0.2) is 53.2 Å². The van der Waals surface area contributed by atoms with Crippen LogP contribution in [0, 0.1) is 20.8 Å². The molecule has 0 fully saturated rings. The van der Waals surface area contributed by atoms with Crippen LogP contribution in [0.4, 0.5) is 0 Å². The minimum absolute atomic E-state index is 0.929. The molecule has 0 unspecified atom stereocenters. The van der Waals surface area contributed by atoms with Gasteiger partial charge in [-0.05, 0) is 103 Å². The standard InChI is InChI=1S/C32H26N4S2/c1-18-15-23-16-21-9-11-24(33-21)29(27-7-5-13-37-27)25-12-10-22(34-25)17-26-19(2)20(3)32(36(26)4)30(31(18)35-23)28-8-6-14-38-28/h5-17,35H,1-4H3.